The number of para-hydroxylation sites is 1. The zero-order chi connectivity index (χ0) is 15.6. The van der Waals surface area contributed by atoms with Gasteiger partial charge in [0, 0.05) is 7.11 Å². The molecule has 1 aromatic rings. The summed E-state index contributed by atoms with van der Waals surface area (Å²) < 4.78 is 24.7. The van der Waals surface area contributed by atoms with Crippen LogP contribution in [0.4, 0.5) is 14.9 Å². The van der Waals surface area contributed by atoms with Gasteiger partial charge in [0.15, 0.2) is 0 Å². The Morgan fingerprint density at radius 1 is 1.29 bits per heavy atom. The number of carbonyl (C=O) groups excluding carboxylic acids is 1. The van der Waals surface area contributed by atoms with Gasteiger partial charge >= 0.3 is 6.09 Å². The third kappa shape index (κ3) is 3.64. The van der Waals surface area contributed by atoms with Gasteiger partial charge in [0.2, 0.25) is 0 Å². The first-order valence-corrected chi connectivity index (χ1v) is 6.87. The van der Waals surface area contributed by atoms with E-state index in [9.17, 15) is 9.18 Å². The van der Waals surface area contributed by atoms with Crippen LogP contribution in [0.25, 0.3) is 0 Å². The smallest absolute Gasteiger partial charge is 0.429 e. The average molecular weight is 296 g/mol. The lowest BCUT2D eigenvalue weighted by Crippen LogP contribution is -2.44. The van der Waals surface area contributed by atoms with Crippen molar-refractivity contribution >= 4 is 11.8 Å². The lowest BCUT2D eigenvalue weighted by atomic mass is 10.2. The lowest BCUT2D eigenvalue weighted by molar-refractivity contribution is 0.0233. The molecule has 116 valence electrons. The highest BCUT2D eigenvalue weighted by Crippen LogP contribution is 2.27. The monoisotopic (exact) mass is 296 g/mol. The maximum Gasteiger partial charge on any atom is 0.429 e. The highest BCUT2D eigenvalue weighted by molar-refractivity contribution is 5.72. The Labute approximate surface area is 124 Å². The number of ether oxygens (including phenoxy) is 2. The summed E-state index contributed by atoms with van der Waals surface area (Å²) in [6.45, 7) is 6.11. The Morgan fingerprint density at radius 2 is 1.95 bits per heavy atom. The van der Waals surface area contributed by atoms with E-state index >= 15 is 0 Å². The topological polar surface area (TPSA) is 42.0 Å². The molecule has 0 aromatic heterocycles. The third-order valence-corrected chi connectivity index (χ3v) is 3.11. The molecule has 5 nitrogen and oxygen atoms in total. The molecule has 0 spiro atoms. The molecule has 1 amide bonds. The van der Waals surface area contributed by atoms with Crippen LogP contribution in [0, 0.1) is 5.82 Å². The van der Waals surface area contributed by atoms with Crippen molar-refractivity contribution in [2.75, 3.05) is 25.2 Å². The van der Waals surface area contributed by atoms with E-state index < -0.39 is 11.7 Å². The van der Waals surface area contributed by atoms with Crippen molar-refractivity contribution in [2.45, 2.75) is 32.5 Å². The zero-order valence-electron chi connectivity index (χ0n) is 12.8. The third-order valence-electron chi connectivity index (χ3n) is 3.11. The second-order valence-corrected chi connectivity index (χ2v) is 5.95. The number of amides is 1. The van der Waals surface area contributed by atoms with Crippen LogP contribution in [-0.4, -0.2) is 43.0 Å². The number of carbonyl (C=O) groups is 1. The summed E-state index contributed by atoms with van der Waals surface area (Å²) in [4.78, 5) is 12.3. The van der Waals surface area contributed by atoms with Crippen LogP contribution in [0.3, 0.4) is 0 Å². The van der Waals surface area contributed by atoms with E-state index in [1.165, 1.54) is 11.1 Å². The van der Waals surface area contributed by atoms with Crippen molar-refractivity contribution in [2.24, 2.45) is 0 Å². The Hall–Kier alpha value is -1.82. The van der Waals surface area contributed by atoms with E-state index in [2.05, 4.69) is 0 Å². The fourth-order valence-electron chi connectivity index (χ4n) is 2.17. The van der Waals surface area contributed by atoms with Gasteiger partial charge in [-0.25, -0.2) is 14.2 Å². The minimum Gasteiger partial charge on any atom is -0.442 e. The number of hydrogen-bond acceptors (Lipinski definition) is 4. The fraction of sp³-hybridized carbons (Fsp3) is 0.533. The maximum absolute atomic E-state index is 14.0. The van der Waals surface area contributed by atoms with Gasteiger partial charge in [0.1, 0.15) is 11.4 Å². The molecule has 0 aliphatic carbocycles. The second-order valence-electron chi connectivity index (χ2n) is 5.95. The highest BCUT2D eigenvalue weighted by atomic mass is 19.1. The minimum atomic E-state index is -0.608. The number of hydrogen-bond donors (Lipinski definition) is 0. The fourth-order valence-corrected chi connectivity index (χ4v) is 2.17. The van der Waals surface area contributed by atoms with Crippen LogP contribution in [-0.2, 0) is 9.47 Å². The summed E-state index contributed by atoms with van der Waals surface area (Å²) in [7, 11) is 1.57. The van der Waals surface area contributed by atoms with Gasteiger partial charge in [-0.2, -0.15) is 0 Å². The van der Waals surface area contributed by atoms with Crippen molar-refractivity contribution in [1.29, 1.82) is 0 Å². The first kappa shape index (κ1) is 15.6. The molecule has 1 unspecified atom stereocenters. The molecule has 1 saturated heterocycles. The van der Waals surface area contributed by atoms with Crippen LogP contribution < -0.4 is 5.01 Å². The van der Waals surface area contributed by atoms with E-state index in [0.717, 1.165) is 0 Å². The Kier molecular flexibility index (Phi) is 4.37. The maximum atomic E-state index is 14.0. The molecule has 1 aromatic carbocycles. The molecule has 1 fully saturated rings. The van der Waals surface area contributed by atoms with Crippen molar-refractivity contribution in [3.05, 3.63) is 30.1 Å². The van der Waals surface area contributed by atoms with Crippen molar-refractivity contribution in [3.63, 3.8) is 0 Å². The van der Waals surface area contributed by atoms with Gasteiger partial charge in [-0.15, -0.1) is 0 Å². The van der Waals surface area contributed by atoms with Gasteiger partial charge < -0.3 is 9.47 Å². The van der Waals surface area contributed by atoms with Crippen LogP contribution in [0.5, 0.6) is 0 Å². The molecule has 1 heterocycles. The van der Waals surface area contributed by atoms with Crippen LogP contribution in [0.15, 0.2) is 24.3 Å². The molecular formula is C15H21FN2O3. The predicted octanol–water partition coefficient (Wildman–Crippen LogP) is 2.81. The number of anilines is 1. The predicted molar refractivity (Wildman–Crippen MR) is 77.5 cm³/mol. The largest absolute Gasteiger partial charge is 0.442 e. The summed E-state index contributed by atoms with van der Waals surface area (Å²) in [6.07, 6.45) is -0.692. The highest BCUT2D eigenvalue weighted by Gasteiger charge is 2.37. The quantitative estimate of drug-likeness (QED) is 0.841. The zero-order valence-corrected chi connectivity index (χ0v) is 12.8. The van der Waals surface area contributed by atoms with E-state index in [1.807, 2.05) is 0 Å². The molecule has 2 rings (SSSR count). The number of rotatable bonds is 2. The number of benzene rings is 1. The standard InChI is InChI=1S/C15H21FN2O3/c1-15(2,3)21-14(19)18-10-11(20-4)9-17(18)13-8-6-5-7-12(13)16/h5-8,11H,9-10H2,1-4H3. The summed E-state index contributed by atoms with van der Waals surface area (Å²) >= 11 is 0. The molecule has 1 aliphatic rings. The van der Waals surface area contributed by atoms with Gasteiger partial charge in [-0.3, -0.25) is 5.01 Å². The van der Waals surface area contributed by atoms with E-state index in [4.69, 9.17) is 9.47 Å². The number of nitrogens with zero attached hydrogens (tertiary/aromatic N) is 2. The van der Waals surface area contributed by atoms with E-state index in [1.54, 1.807) is 51.1 Å². The van der Waals surface area contributed by atoms with Crippen LogP contribution >= 0.6 is 0 Å². The molecule has 21 heavy (non-hydrogen) atoms. The van der Waals surface area contributed by atoms with Crippen LogP contribution in [0.2, 0.25) is 0 Å². The molecule has 1 aliphatic heterocycles. The Balaban J connectivity index is 2.25. The molecule has 6 heteroatoms. The van der Waals surface area contributed by atoms with E-state index in [0.29, 0.717) is 18.8 Å². The van der Waals surface area contributed by atoms with Gasteiger partial charge in [-0.05, 0) is 32.9 Å². The lowest BCUT2D eigenvalue weighted by Gasteiger charge is -2.31. The van der Waals surface area contributed by atoms with E-state index in [-0.39, 0.29) is 11.9 Å². The normalized spacial score (nSPS) is 19.0. The SMILES string of the molecule is COC1CN(C(=O)OC(C)(C)C)N(c2ccccc2F)C1. The van der Waals surface area contributed by atoms with Gasteiger partial charge in [0.25, 0.3) is 0 Å². The first-order valence-electron chi connectivity index (χ1n) is 6.87. The van der Waals surface area contributed by atoms with Crippen molar-refractivity contribution in [3.8, 4) is 0 Å². The molecule has 0 saturated carbocycles. The molecular weight excluding hydrogens is 275 g/mol. The summed E-state index contributed by atoms with van der Waals surface area (Å²) in [5, 5.41) is 2.95. The first-order chi connectivity index (χ1) is 9.81. The van der Waals surface area contributed by atoms with Crippen molar-refractivity contribution in [1.82, 2.24) is 5.01 Å². The Bertz CT molecular complexity index is 516. The number of methoxy groups -OCH3 is 1. The number of hydrazine groups is 1. The molecule has 0 bridgehead atoms. The average Bonchev–Trinajstić information content (AvgIpc) is 2.81. The summed E-state index contributed by atoms with van der Waals surface area (Å²) in [6, 6.07) is 6.33. The van der Waals surface area contributed by atoms with Gasteiger partial charge in [-0.1, -0.05) is 12.1 Å². The summed E-state index contributed by atoms with van der Waals surface area (Å²) in [5.41, 5.74) is -0.272. The molecule has 0 radical (unpaired) electrons. The molecule has 1 atom stereocenters. The Morgan fingerprint density at radius 3 is 2.52 bits per heavy atom. The number of halogens is 1. The minimum absolute atomic E-state index is 0.183. The van der Waals surface area contributed by atoms with Gasteiger partial charge in [0.05, 0.1) is 24.9 Å². The van der Waals surface area contributed by atoms with Crippen LogP contribution in [0.1, 0.15) is 20.8 Å². The molecule has 0 N–H and O–H groups in total. The summed E-state index contributed by atoms with van der Waals surface area (Å²) in [5.74, 6) is -0.386. The second kappa shape index (κ2) is 5.89. The van der Waals surface area contributed by atoms with Crippen molar-refractivity contribution < 1.29 is 18.7 Å².